The fourth-order valence-electron chi connectivity index (χ4n) is 3.06. The number of anilines is 1. The maximum absolute atomic E-state index is 12.1. The molecule has 7 heteroatoms. The Morgan fingerprint density at radius 2 is 2.18 bits per heavy atom. The largest absolute Gasteiger partial charge is 0.325 e. The Morgan fingerprint density at radius 3 is 2.86 bits per heavy atom. The lowest BCUT2D eigenvalue weighted by Gasteiger charge is -2.20. The zero-order valence-corrected chi connectivity index (χ0v) is 12.7. The van der Waals surface area contributed by atoms with E-state index in [1.54, 1.807) is 7.05 Å². The van der Waals surface area contributed by atoms with Crippen LogP contribution in [0.4, 0.5) is 5.82 Å². The summed E-state index contributed by atoms with van der Waals surface area (Å²) < 4.78 is 1.27. The number of carbonyl (C=O) groups is 1. The molecule has 7 nitrogen and oxygen atoms in total. The van der Waals surface area contributed by atoms with Gasteiger partial charge in [0.1, 0.15) is 5.69 Å². The third kappa shape index (κ3) is 3.13. The van der Waals surface area contributed by atoms with Crippen LogP contribution in [0.2, 0.25) is 0 Å². The van der Waals surface area contributed by atoms with Crippen LogP contribution in [-0.4, -0.2) is 25.7 Å². The summed E-state index contributed by atoms with van der Waals surface area (Å²) in [5.41, 5.74) is 1.01. The van der Waals surface area contributed by atoms with Gasteiger partial charge in [-0.1, -0.05) is 32.1 Å². The SMILES string of the molecule is Cn1c(C(=O)Nc2cc(CC3CCCCC3)[nH]n2)c[nH]c1=O. The van der Waals surface area contributed by atoms with Crippen LogP contribution in [0.25, 0.3) is 0 Å². The number of nitrogens with zero attached hydrogens (tertiary/aromatic N) is 2. The number of aromatic amines is 2. The van der Waals surface area contributed by atoms with Crippen LogP contribution in [0.5, 0.6) is 0 Å². The molecule has 2 aromatic heterocycles. The number of nitrogens with one attached hydrogen (secondary N) is 3. The molecule has 1 amide bonds. The molecule has 22 heavy (non-hydrogen) atoms. The van der Waals surface area contributed by atoms with Crippen molar-refractivity contribution in [2.75, 3.05) is 5.32 Å². The van der Waals surface area contributed by atoms with Crippen molar-refractivity contribution in [1.29, 1.82) is 0 Å². The molecule has 3 rings (SSSR count). The molecule has 1 aliphatic rings. The van der Waals surface area contributed by atoms with Gasteiger partial charge in [0.25, 0.3) is 5.91 Å². The van der Waals surface area contributed by atoms with Gasteiger partial charge in [0.15, 0.2) is 5.82 Å². The van der Waals surface area contributed by atoms with Gasteiger partial charge in [-0.25, -0.2) is 4.79 Å². The summed E-state index contributed by atoms with van der Waals surface area (Å²) in [6.07, 6.45) is 8.88. The standard InChI is InChI=1S/C15H21N5O2/c1-20-12(9-16-15(20)22)14(21)17-13-8-11(18-19-13)7-10-5-3-2-4-6-10/h8-10H,2-7H2,1H3,(H,16,22)(H2,17,18,19,21). The Morgan fingerprint density at radius 1 is 1.41 bits per heavy atom. The number of H-pyrrole nitrogens is 2. The second-order valence-corrected chi connectivity index (χ2v) is 5.98. The highest BCUT2D eigenvalue weighted by Gasteiger charge is 2.17. The molecule has 0 aromatic carbocycles. The first-order valence-corrected chi connectivity index (χ1v) is 7.73. The van der Waals surface area contributed by atoms with E-state index in [1.807, 2.05) is 6.07 Å². The zero-order chi connectivity index (χ0) is 15.5. The van der Waals surface area contributed by atoms with Gasteiger partial charge in [0, 0.05) is 25.0 Å². The lowest BCUT2D eigenvalue weighted by atomic mass is 9.86. The van der Waals surface area contributed by atoms with Crippen molar-refractivity contribution in [1.82, 2.24) is 19.7 Å². The number of hydrogen-bond donors (Lipinski definition) is 3. The minimum atomic E-state index is -0.350. The van der Waals surface area contributed by atoms with Crippen molar-refractivity contribution in [3.63, 3.8) is 0 Å². The van der Waals surface area contributed by atoms with Crippen LogP contribution in [0.15, 0.2) is 17.1 Å². The van der Waals surface area contributed by atoms with E-state index in [2.05, 4.69) is 20.5 Å². The van der Waals surface area contributed by atoms with E-state index in [-0.39, 0.29) is 17.3 Å². The highest BCUT2D eigenvalue weighted by molar-refractivity contribution is 6.02. The summed E-state index contributed by atoms with van der Waals surface area (Å²) in [4.78, 5) is 25.9. The molecule has 1 saturated carbocycles. The smallest absolute Gasteiger partial charge is 0.312 e. The molecule has 3 N–H and O–H groups in total. The summed E-state index contributed by atoms with van der Waals surface area (Å²) in [6.45, 7) is 0. The normalized spacial score (nSPS) is 15.9. The maximum Gasteiger partial charge on any atom is 0.325 e. The first-order valence-electron chi connectivity index (χ1n) is 7.73. The van der Waals surface area contributed by atoms with Crippen molar-refractivity contribution < 1.29 is 4.79 Å². The van der Waals surface area contributed by atoms with Gasteiger partial charge in [-0.2, -0.15) is 5.10 Å². The Balaban J connectivity index is 1.62. The van der Waals surface area contributed by atoms with Crippen molar-refractivity contribution in [3.8, 4) is 0 Å². The lowest BCUT2D eigenvalue weighted by molar-refractivity contribution is 0.101. The highest BCUT2D eigenvalue weighted by Crippen LogP contribution is 2.26. The first-order chi connectivity index (χ1) is 10.6. The molecule has 1 fully saturated rings. The van der Waals surface area contributed by atoms with E-state index in [4.69, 9.17) is 0 Å². The topological polar surface area (TPSA) is 95.6 Å². The molecule has 2 aromatic rings. The molecule has 0 radical (unpaired) electrons. The molecule has 2 heterocycles. The summed E-state index contributed by atoms with van der Waals surface area (Å²) in [5.74, 6) is 0.851. The molecule has 0 atom stereocenters. The Kier molecular flexibility index (Phi) is 4.13. The average Bonchev–Trinajstić information content (AvgIpc) is 3.08. The van der Waals surface area contributed by atoms with Gasteiger partial charge in [0.2, 0.25) is 0 Å². The molecular formula is C15H21N5O2. The van der Waals surface area contributed by atoms with Crippen LogP contribution in [0.1, 0.15) is 48.3 Å². The second kappa shape index (κ2) is 6.21. The zero-order valence-electron chi connectivity index (χ0n) is 12.7. The van der Waals surface area contributed by atoms with Crippen LogP contribution in [-0.2, 0) is 13.5 Å². The second-order valence-electron chi connectivity index (χ2n) is 5.98. The minimum Gasteiger partial charge on any atom is -0.312 e. The van der Waals surface area contributed by atoms with Crippen LogP contribution >= 0.6 is 0 Å². The number of rotatable bonds is 4. The van der Waals surface area contributed by atoms with Gasteiger partial charge in [-0.05, 0) is 12.3 Å². The van der Waals surface area contributed by atoms with Crippen molar-refractivity contribution in [2.45, 2.75) is 38.5 Å². The van der Waals surface area contributed by atoms with E-state index in [9.17, 15) is 9.59 Å². The highest BCUT2D eigenvalue weighted by atomic mass is 16.2. The van der Waals surface area contributed by atoms with Crippen LogP contribution in [0.3, 0.4) is 0 Å². The van der Waals surface area contributed by atoms with Crippen LogP contribution in [0, 0.1) is 5.92 Å². The molecule has 0 unspecified atom stereocenters. The Bertz CT molecular complexity index is 706. The van der Waals surface area contributed by atoms with Gasteiger partial charge in [0.05, 0.1) is 0 Å². The van der Waals surface area contributed by atoms with Gasteiger partial charge >= 0.3 is 5.69 Å². The van der Waals surface area contributed by atoms with Crippen molar-refractivity contribution >= 4 is 11.7 Å². The number of aromatic nitrogens is 4. The van der Waals surface area contributed by atoms with E-state index in [0.717, 1.165) is 12.1 Å². The van der Waals surface area contributed by atoms with Gasteiger partial charge in [-0.15, -0.1) is 0 Å². The van der Waals surface area contributed by atoms with Crippen molar-refractivity contribution in [3.05, 3.63) is 34.1 Å². The van der Waals surface area contributed by atoms with Gasteiger partial charge < -0.3 is 10.3 Å². The Labute approximate surface area is 128 Å². The van der Waals surface area contributed by atoms with Crippen molar-refractivity contribution in [2.24, 2.45) is 13.0 Å². The molecule has 0 spiro atoms. The fourth-order valence-corrected chi connectivity index (χ4v) is 3.06. The van der Waals surface area contributed by atoms with Gasteiger partial charge in [-0.3, -0.25) is 14.5 Å². The minimum absolute atomic E-state index is 0.279. The molecule has 0 aliphatic heterocycles. The number of amides is 1. The number of imidazole rings is 1. The third-order valence-corrected chi connectivity index (χ3v) is 4.34. The molecule has 0 bridgehead atoms. The van der Waals surface area contributed by atoms with E-state index in [0.29, 0.717) is 11.7 Å². The first kappa shape index (κ1) is 14.6. The third-order valence-electron chi connectivity index (χ3n) is 4.34. The summed E-state index contributed by atoms with van der Waals surface area (Å²) >= 11 is 0. The lowest BCUT2D eigenvalue weighted by Crippen LogP contribution is -2.21. The molecule has 1 aliphatic carbocycles. The fraction of sp³-hybridized carbons (Fsp3) is 0.533. The average molecular weight is 303 g/mol. The van der Waals surface area contributed by atoms with E-state index in [1.165, 1.54) is 42.9 Å². The van der Waals surface area contributed by atoms with E-state index >= 15 is 0 Å². The quantitative estimate of drug-likeness (QED) is 0.803. The molecular weight excluding hydrogens is 282 g/mol. The van der Waals surface area contributed by atoms with Crippen LogP contribution < -0.4 is 11.0 Å². The number of carbonyl (C=O) groups excluding carboxylic acids is 1. The summed E-state index contributed by atoms with van der Waals surface area (Å²) in [5, 5.41) is 9.83. The predicted octanol–water partition coefficient (Wildman–Crippen LogP) is 1.81. The molecule has 118 valence electrons. The monoisotopic (exact) mass is 303 g/mol. The van der Waals surface area contributed by atoms with E-state index < -0.39 is 0 Å². The summed E-state index contributed by atoms with van der Waals surface area (Å²) in [6, 6.07) is 1.87. The maximum atomic E-state index is 12.1. The Hall–Kier alpha value is -2.31. The molecule has 0 saturated heterocycles. The predicted molar refractivity (Wildman–Crippen MR) is 82.9 cm³/mol. The number of hydrogen-bond acceptors (Lipinski definition) is 3. The summed E-state index contributed by atoms with van der Waals surface area (Å²) in [7, 11) is 1.55.